The molecule has 4 rings (SSSR count). The topological polar surface area (TPSA) is 67.6 Å². The molecule has 0 radical (unpaired) electrons. The van der Waals surface area contributed by atoms with Crippen molar-refractivity contribution in [3.63, 3.8) is 0 Å². The molecule has 0 atom stereocenters. The van der Waals surface area contributed by atoms with Crippen LogP contribution >= 0.6 is 0 Å². The number of benzene rings is 3. The zero-order valence-electron chi connectivity index (χ0n) is 20.3. The van der Waals surface area contributed by atoms with E-state index in [4.69, 9.17) is 10.5 Å². The van der Waals surface area contributed by atoms with Crippen molar-refractivity contribution >= 4 is 16.7 Å². The summed E-state index contributed by atoms with van der Waals surface area (Å²) in [5.41, 5.74) is 8.57. The van der Waals surface area contributed by atoms with Gasteiger partial charge in [-0.1, -0.05) is 36.4 Å². The third-order valence-electron chi connectivity index (χ3n) is 6.23. The molecule has 0 spiro atoms. The second-order valence-corrected chi connectivity index (χ2v) is 9.03. The SMILES string of the molecule is CNC(=O)c1cccc2cc(OC(/C=C\N)=C/Cc3ccc(CCCN4CC(F)(F)C4)cc3)ccc12. The number of nitrogens with one attached hydrogen (secondary N) is 1. The normalized spacial score (nSPS) is 15.7. The number of nitrogens with zero attached hydrogens (tertiary/aromatic N) is 1. The van der Waals surface area contributed by atoms with E-state index in [0.29, 0.717) is 30.0 Å². The first kappa shape index (κ1) is 25.4. The standard InChI is InChI=1S/C29H31F2N3O2/c1-33-28(35)27-6-2-5-23-18-25(13-14-26(23)27)36-24(15-16-32)12-11-22-9-7-21(8-10-22)4-3-17-34-19-29(30,31)20-34/h2,5-10,12-16,18H,3-4,11,17,19-20,32H2,1H3,(H,33,35)/b16-15-,24-12+. The van der Waals surface area contributed by atoms with E-state index in [2.05, 4.69) is 29.6 Å². The Balaban J connectivity index is 1.36. The predicted molar refractivity (Wildman–Crippen MR) is 139 cm³/mol. The molecule has 1 aliphatic rings. The van der Waals surface area contributed by atoms with Crippen LogP contribution in [0.1, 0.15) is 27.9 Å². The van der Waals surface area contributed by atoms with Crippen molar-refractivity contribution in [2.45, 2.75) is 25.2 Å². The van der Waals surface area contributed by atoms with Crippen LogP contribution in [-0.2, 0) is 12.8 Å². The van der Waals surface area contributed by atoms with Crippen LogP contribution in [0.3, 0.4) is 0 Å². The molecule has 188 valence electrons. The average molecular weight is 492 g/mol. The summed E-state index contributed by atoms with van der Waals surface area (Å²) in [7, 11) is 1.61. The molecule has 3 N–H and O–H groups in total. The van der Waals surface area contributed by atoms with E-state index in [1.807, 2.05) is 36.4 Å². The number of likely N-dealkylation sites (tertiary alicyclic amines) is 1. The fourth-order valence-corrected chi connectivity index (χ4v) is 4.37. The number of allylic oxidation sites excluding steroid dienone is 2. The minimum Gasteiger partial charge on any atom is -0.458 e. The van der Waals surface area contributed by atoms with E-state index in [0.717, 1.165) is 29.2 Å². The summed E-state index contributed by atoms with van der Waals surface area (Å²) in [6.45, 7) is 0.473. The molecule has 3 aromatic rings. The van der Waals surface area contributed by atoms with E-state index in [9.17, 15) is 13.6 Å². The first-order chi connectivity index (χ1) is 17.4. The summed E-state index contributed by atoms with van der Waals surface area (Å²) in [5, 5.41) is 4.42. The Morgan fingerprint density at radius 3 is 2.56 bits per heavy atom. The lowest BCUT2D eigenvalue weighted by Crippen LogP contribution is -2.56. The van der Waals surface area contributed by atoms with Gasteiger partial charge < -0.3 is 15.8 Å². The van der Waals surface area contributed by atoms with Gasteiger partial charge in [0.05, 0.1) is 13.1 Å². The molecule has 5 nitrogen and oxygen atoms in total. The number of rotatable bonds is 10. The number of ether oxygens (including phenoxy) is 1. The van der Waals surface area contributed by atoms with Crippen LogP contribution in [0.25, 0.3) is 10.8 Å². The Kier molecular flexibility index (Phi) is 8.00. The van der Waals surface area contributed by atoms with Crippen molar-refractivity contribution in [1.82, 2.24) is 10.2 Å². The van der Waals surface area contributed by atoms with Crippen molar-refractivity contribution in [3.8, 4) is 5.75 Å². The predicted octanol–water partition coefficient (Wildman–Crippen LogP) is 5.06. The van der Waals surface area contributed by atoms with Gasteiger partial charge in [-0.25, -0.2) is 8.78 Å². The van der Waals surface area contributed by atoms with Crippen molar-refractivity contribution < 1.29 is 18.3 Å². The van der Waals surface area contributed by atoms with Gasteiger partial charge in [0.15, 0.2) is 0 Å². The largest absolute Gasteiger partial charge is 0.458 e. The number of carbonyl (C=O) groups is 1. The van der Waals surface area contributed by atoms with Crippen molar-refractivity contribution in [3.05, 3.63) is 101 Å². The van der Waals surface area contributed by atoms with Gasteiger partial charge in [0, 0.05) is 12.6 Å². The lowest BCUT2D eigenvalue weighted by Gasteiger charge is -2.38. The molecular formula is C29H31F2N3O2. The number of carbonyl (C=O) groups excluding carboxylic acids is 1. The Labute approximate surface area is 210 Å². The minimum absolute atomic E-state index is 0.115. The van der Waals surface area contributed by atoms with Crippen LogP contribution in [0, 0.1) is 0 Å². The van der Waals surface area contributed by atoms with E-state index in [1.165, 1.54) is 11.8 Å². The fourth-order valence-electron chi connectivity index (χ4n) is 4.37. The first-order valence-corrected chi connectivity index (χ1v) is 12.1. The van der Waals surface area contributed by atoms with Gasteiger partial charge in [-0.15, -0.1) is 0 Å². The summed E-state index contributed by atoms with van der Waals surface area (Å²) in [4.78, 5) is 13.9. The van der Waals surface area contributed by atoms with Gasteiger partial charge in [-0.05, 0) is 90.3 Å². The number of hydrogen-bond acceptors (Lipinski definition) is 4. The number of nitrogens with two attached hydrogens (primary N) is 1. The summed E-state index contributed by atoms with van der Waals surface area (Å²) in [6.07, 6.45) is 7.51. The van der Waals surface area contributed by atoms with Gasteiger partial charge >= 0.3 is 0 Å². The second kappa shape index (κ2) is 11.4. The molecular weight excluding hydrogens is 460 g/mol. The monoisotopic (exact) mass is 491 g/mol. The highest BCUT2D eigenvalue weighted by Crippen LogP contribution is 2.27. The van der Waals surface area contributed by atoms with E-state index in [-0.39, 0.29) is 19.0 Å². The van der Waals surface area contributed by atoms with E-state index >= 15 is 0 Å². The number of halogens is 2. The fraction of sp³-hybridized carbons (Fsp3) is 0.276. The van der Waals surface area contributed by atoms with Crippen LogP contribution in [-0.4, -0.2) is 43.4 Å². The summed E-state index contributed by atoms with van der Waals surface area (Å²) >= 11 is 0. The molecule has 0 aromatic heterocycles. The summed E-state index contributed by atoms with van der Waals surface area (Å²) < 4.78 is 31.9. The Morgan fingerprint density at radius 1 is 1.11 bits per heavy atom. The van der Waals surface area contributed by atoms with Crippen molar-refractivity contribution in [2.24, 2.45) is 5.73 Å². The quantitative estimate of drug-likeness (QED) is 0.307. The third kappa shape index (κ3) is 6.49. The minimum atomic E-state index is -2.50. The van der Waals surface area contributed by atoms with Crippen molar-refractivity contribution in [1.29, 1.82) is 0 Å². The van der Waals surface area contributed by atoms with Gasteiger partial charge in [-0.2, -0.15) is 0 Å². The lowest BCUT2D eigenvalue weighted by atomic mass is 10.0. The Bertz CT molecular complexity index is 1260. The molecule has 1 fully saturated rings. The molecule has 0 unspecified atom stereocenters. The van der Waals surface area contributed by atoms with Crippen molar-refractivity contribution in [2.75, 3.05) is 26.7 Å². The number of alkyl halides is 2. The van der Waals surface area contributed by atoms with Gasteiger partial charge in [0.2, 0.25) is 0 Å². The highest BCUT2D eigenvalue weighted by atomic mass is 19.3. The number of fused-ring (bicyclic) bond motifs is 1. The smallest absolute Gasteiger partial charge is 0.272 e. The van der Waals surface area contributed by atoms with Crippen LogP contribution in [0.4, 0.5) is 8.78 Å². The highest BCUT2D eigenvalue weighted by Gasteiger charge is 2.43. The second-order valence-electron chi connectivity index (χ2n) is 9.03. The Hall–Kier alpha value is -3.71. The van der Waals surface area contributed by atoms with Crippen LogP contribution in [0.15, 0.2) is 84.8 Å². The van der Waals surface area contributed by atoms with Gasteiger partial charge in [0.1, 0.15) is 11.5 Å². The molecule has 36 heavy (non-hydrogen) atoms. The maximum absolute atomic E-state index is 12.9. The van der Waals surface area contributed by atoms with Crippen LogP contribution in [0.2, 0.25) is 0 Å². The van der Waals surface area contributed by atoms with Gasteiger partial charge in [-0.3, -0.25) is 9.69 Å². The third-order valence-corrected chi connectivity index (χ3v) is 6.23. The summed E-state index contributed by atoms with van der Waals surface area (Å²) in [6, 6.07) is 19.5. The van der Waals surface area contributed by atoms with E-state index < -0.39 is 5.92 Å². The first-order valence-electron chi connectivity index (χ1n) is 12.1. The van der Waals surface area contributed by atoms with Crippen LogP contribution in [0.5, 0.6) is 5.75 Å². The maximum Gasteiger partial charge on any atom is 0.272 e. The number of amides is 1. The highest BCUT2D eigenvalue weighted by molar-refractivity contribution is 6.07. The maximum atomic E-state index is 12.9. The molecule has 0 aliphatic carbocycles. The molecule has 0 saturated carbocycles. The molecule has 1 saturated heterocycles. The van der Waals surface area contributed by atoms with Gasteiger partial charge in [0.25, 0.3) is 11.8 Å². The number of aryl methyl sites for hydroxylation is 1. The molecule has 1 amide bonds. The molecule has 7 heteroatoms. The molecule has 0 bridgehead atoms. The Morgan fingerprint density at radius 2 is 1.86 bits per heavy atom. The molecule has 1 aliphatic heterocycles. The molecule has 3 aromatic carbocycles. The van der Waals surface area contributed by atoms with Crippen LogP contribution < -0.4 is 15.8 Å². The summed E-state index contributed by atoms with van der Waals surface area (Å²) in [5.74, 6) is -1.36. The van der Waals surface area contributed by atoms with E-state index in [1.54, 1.807) is 24.1 Å². The lowest BCUT2D eigenvalue weighted by molar-refractivity contribution is -0.130. The zero-order chi connectivity index (χ0) is 25.5. The number of hydrogen-bond donors (Lipinski definition) is 2. The average Bonchev–Trinajstić information content (AvgIpc) is 2.86. The molecule has 1 heterocycles. The zero-order valence-corrected chi connectivity index (χ0v) is 20.3.